The van der Waals surface area contributed by atoms with Crippen LogP contribution in [0.4, 0.5) is 0 Å². The first kappa shape index (κ1) is 22.0. The Morgan fingerprint density at radius 3 is 2.63 bits per heavy atom. The number of nitrogens with one attached hydrogen (secondary N) is 3. The molecule has 0 radical (unpaired) electrons. The molecule has 2 aromatic carbocycles. The lowest BCUT2D eigenvalue weighted by Crippen LogP contribution is -2.41. The van der Waals surface area contributed by atoms with E-state index in [-0.39, 0.29) is 39.4 Å². The molecule has 1 aliphatic heterocycles. The molecule has 1 heterocycles. The van der Waals surface area contributed by atoms with Crippen molar-refractivity contribution in [3.05, 3.63) is 58.6 Å². The highest BCUT2D eigenvalue weighted by atomic mass is 35.5. The van der Waals surface area contributed by atoms with Crippen molar-refractivity contribution in [2.75, 3.05) is 13.2 Å². The molecule has 0 saturated carbocycles. The molecular formula is C19H20ClN3O6S. The maximum atomic E-state index is 12.5. The van der Waals surface area contributed by atoms with Crippen molar-refractivity contribution in [2.24, 2.45) is 0 Å². The molecule has 2 amide bonds. The van der Waals surface area contributed by atoms with Crippen LogP contribution in [0.2, 0.25) is 5.02 Å². The van der Waals surface area contributed by atoms with E-state index in [1.165, 1.54) is 42.5 Å². The van der Waals surface area contributed by atoms with Gasteiger partial charge in [0.15, 0.2) is 0 Å². The number of aromatic hydroxyl groups is 1. The van der Waals surface area contributed by atoms with Crippen molar-refractivity contribution in [1.29, 1.82) is 0 Å². The summed E-state index contributed by atoms with van der Waals surface area (Å²) in [5.41, 5.74) is 4.21. The van der Waals surface area contributed by atoms with E-state index in [1.54, 1.807) is 0 Å². The van der Waals surface area contributed by atoms with Gasteiger partial charge in [-0.1, -0.05) is 17.7 Å². The summed E-state index contributed by atoms with van der Waals surface area (Å²) in [6.07, 6.45) is 1.51. The van der Waals surface area contributed by atoms with E-state index >= 15 is 0 Å². The van der Waals surface area contributed by atoms with E-state index in [0.29, 0.717) is 6.61 Å². The number of hydrogen-bond acceptors (Lipinski definition) is 6. The number of carbonyl (C=O) groups is 2. The summed E-state index contributed by atoms with van der Waals surface area (Å²) >= 11 is 5.80. The highest BCUT2D eigenvalue weighted by molar-refractivity contribution is 7.89. The van der Waals surface area contributed by atoms with Crippen LogP contribution < -0.4 is 15.6 Å². The summed E-state index contributed by atoms with van der Waals surface area (Å²) in [5.74, 6) is -1.83. The molecule has 1 fully saturated rings. The van der Waals surface area contributed by atoms with E-state index in [2.05, 4.69) is 15.6 Å². The lowest BCUT2D eigenvalue weighted by Gasteiger charge is -2.12. The van der Waals surface area contributed by atoms with Crippen LogP contribution in [0.15, 0.2) is 47.4 Å². The minimum Gasteiger partial charge on any atom is -0.507 e. The highest BCUT2D eigenvalue weighted by Crippen LogP contribution is 2.21. The quantitative estimate of drug-likeness (QED) is 0.490. The number of benzene rings is 2. The molecule has 1 atom stereocenters. The Labute approximate surface area is 178 Å². The van der Waals surface area contributed by atoms with Gasteiger partial charge in [0.2, 0.25) is 10.0 Å². The topological polar surface area (TPSA) is 134 Å². The molecule has 0 aromatic heterocycles. The van der Waals surface area contributed by atoms with Gasteiger partial charge in [0.05, 0.1) is 16.6 Å². The molecule has 0 aliphatic carbocycles. The number of hydrogen-bond donors (Lipinski definition) is 4. The van der Waals surface area contributed by atoms with Crippen molar-refractivity contribution >= 4 is 33.4 Å². The minimum atomic E-state index is -3.83. The second-order valence-electron chi connectivity index (χ2n) is 6.58. The summed E-state index contributed by atoms with van der Waals surface area (Å²) in [6.45, 7) is 0.763. The van der Waals surface area contributed by atoms with Crippen LogP contribution in [0.3, 0.4) is 0 Å². The third-order valence-electron chi connectivity index (χ3n) is 4.42. The van der Waals surface area contributed by atoms with E-state index < -0.39 is 21.8 Å². The standard InChI is InChI=1S/C19H20ClN3O6S/c20-13-6-7-17(24)16(10-13)19(26)23-22-18(25)12-3-1-5-15(9-12)30(27,28)21-11-14-4-2-8-29-14/h1,3,5-7,9-10,14,21,24H,2,4,8,11H2,(H,22,25)(H,23,26). The summed E-state index contributed by atoms with van der Waals surface area (Å²) in [7, 11) is -3.83. The zero-order valence-electron chi connectivity index (χ0n) is 15.7. The maximum Gasteiger partial charge on any atom is 0.273 e. The number of amides is 2. The maximum absolute atomic E-state index is 12.5. The fraction of sp³-hybridized carbons (Fsp3) is 0.263. The molecule has 11 heteroatoms. The third kappa shape index (κ3) is 5.48. The first-order chi connectivity index (χ1) is 14.3. The zero-order chi connectivity index (χ0) is 21.7. The van der Waals surface area contributed by atoms with Gasteiger partial charge in [0, 0.05) is 23.7 Å². The SMILES string of the molecule is O=C(NNC(=O)c1cc(Cl)ccc1O)c1cccc(S(=O)(=O)NCC2CCCO2)c1. The van der Waals surface area contributed by atoms with Gasteiger partial charge in [-0.3, -0.25) is 20.4 Å². The predicted octanol–water partition coefficient (Wildman–Crippen LogP) is 1.58. The summed E-state index contributed by atoms with van der Waals surface area (Å²) in [5, 5.41) is 9.96. The van der Waals surface area contributed by atoms with Crippen LogP contribution in [0, 0.1) is 0 Å². The molecule has 0 spiro atoms. The Hall–Kier alpha value is -2.66. The fourth-order valence-corrected chi connectivity index (χ4v) is 4.12. The molecule has 9 nitrogen and oxygen atoms in total. The monoisotopic (exact) mass is 453 g/mol. The fourth-order valence-electron chi connectivity index (χ4n) is 2.84. The van der Waals surface area contributed by atoms with Crippen LogP contribution >= 0.6 is 11.6 Å². The molecular weight excluding hydrogens is 434 g/mol. The number of rotatable bonds is 6. The average molecular weight is 454 g/mol. The molecule has 30 heavy (non-hydrogen) atoms. The molecule has 2 aromatic rings. The highest BCUT2D eigenvalue weighted by Gasteiger charge is 2.21. The lowest BCUT2D eigenvalue weighted by atomic mass is 10.2. The smallest absolute Gasteiger partial charge is 0.273 e. The minimum absolute atomic E-state index is 0.0191. The van der Waals surface area contributed by atoms with E-state index in [0.717, 1.165) is 12.8 Å². The molecule has 0 bridgehead atoms. The first-order valence-corrected chi connectivity index (χ1v) is 10.9. The van der Waals surface area contributed by atoms with Gasteiger partial charge in [-0.25, -0.2) is 13.1 Å². The van der Waals surface area contributed by atoms with Gasteiger partial charge in [0.1, 0.15) is 5.75 Å². The van der Waals surface area contributed by atoms with Crippen LogP contribution in [-0.2, 0) is 14.8 Å². The van der Waals surface area contributed by atoms with Gasteiger partial charge in [-0.2, -0.15) is 0 Å². The van der Waals surface area contributed by atoms with E-state index in [9.17, 15) is 23.1 Å². The van der Waals surface area contributed by atoms with Gasteiger partial charge in [0.25, 0.3) is 11.8 Å². The number of halogens is 1. The molecule has 1 aliphatic rings. The second kappa shape index (κ2) is 9.43. The number of sulfonamides is 1. The lowest BCUT2D eigenvalue weighted by molar-refractivity contribution is 0.0845. The predicted molar refractivity (Wildman–Crippen MR) is 109 cm³/mol. The van der Waals surface area contributed by atoms with Crippen molar-refractivity contribution in [2.45, 2.75) is 23.8 Å². The molecule has 1 unspecified atom stereocenters. The van der Waals surface area contributed by atoms with Crippen molar-refractivity contribution in [1.82, 2.24) is 15.6 Å². The Morgan fingerprint density at radius 1 is 1.13 bits per heavy atom. The third-order valence-corrected chi connectivity index (χ3v) is 6.08. The second-order valence-corrected chi connectivity index (χ2v) is 8.79. The van der Waals surface area contributed by atoms with Crippen molar-refractivity contribution in [3.8, 4) is 5.75 Å². The number of phenols is 1. The van der Waals surface area contributed by atoms with Gasteiger partial charge in [-0.15, -0.1) is 0 Å². The molecule has 4 N–H and O–H groups in total. The summed E-state index contributed by atoms with van der Waals surface area (Å²) < 4.78 is 32.8. The Bertz CT molecular complexity index is 1050. The number of phenolic OH excluding ortho intramolecular Hbond substituents is 1. The number of ether oxygens (including phenoxy) is 1. The average Bonchev–Trinajstić information content (AvgIpc) is 3.26. The van der Waals surface area contributed by atoms with Crippen LogP contribution in [0.25, 0.3) is 0 Å². The first-order valence-electron chi connectivity index (χ1n) is 9.07. The number of carbonyl (C=O) groups excluding carboxylic acids is 2. The van der Waals surface area contributed by atoms with Gasteiger partial charge < -0.3 is 9.84 Å². The van der Waals surface area contributed by atoms with E-state index in [1.807, 2.05) is 0 Å². The number of hydrazine groups is 1. The molecule has 1 saturated heterocycles. The Kier molecular flexibility index (Phi) is 6.93. The van der Waals surface area contributed by atoms with Crippen LogP contribution in [0.5, 0.6) is 5.75 Å². The Morgan fingerprint density at radius 2 is 1.90 bits per heavy atom. The van der Waals surface area contributed by atoms with Crippen LogP contribution in [-0.4, -0.2) is 44.6 Å². The molecule has 3 rings (SSSR count). The zero-order valence-corrected chi connectivity index (χ0v) is 17.3. The van der Waals surface area contributed by atoms with Crippen molar-refractivity contribution < 1.29 is 27.9 Å². The summed E-state index contributed by atoms with van der Waals surface area (Å²) in [6, 6.07) is 9.26. The summed E-state index contributed by atoms with van der Waals surface area (Å²) in [4.78, 5) is 24.4. The molecule has 160 valence electrons. The van der Waals surface area contributed by atoms with Crippen molar-refractivity contribution in [3.63, 3.8) is 0 Å². The van der Waals surface area contributed by atoms with Gasteiger partial charge >= 0.3 is 0 Å². The normalized spacial score (nSPS) is 16.2. The van der Waals surface area contributed by atoms with Gasteiger partial charge in [-0.05, 0) is 49.2 Å². The van der Waals surface area contributed by atoms with E-state index in [4.69, 9.17) is 16.3 Å². The largest absolute Gasteiger partial charge is 0.507 e. The Balaban J connectivity index is 1.63. The van der Waals surface area contributed by atoms with Crippen LogP contribution in [0.1, 0.15) is 33.6 Å².